The summed E-state index contributed by atoms with van der Waals surface area (Å²) in [6, 6.07) is 6.39. The van der Waals surface area contributed by atoms with Crippen LogP contribution in [0.25, 0.3) is 0 Å². The molecule has 0 aliphatic heterocycles. The van der Waals surface area contributed by atoms with Gasteiger partial charge in [0.05, 0.1) is 11.9 Å². The number of sulfonamides is 1. The average Bonchev–Trinajstić information content (AvgIpc) is 2.95. The lowest BCUT2D eigenvalue weighted by Gasteiger charge is -2.20. The number of nitrogens with one attached hydrogen (secondary N) is 1. The Morgan fingerprint density at radius 3 is 2.46 bits per heavy atom. The van der Waals surface area contributed by atoms with Gasteiger partial charge in [-0.2, -0.15) is 0 Å². The van der Waals surface area contributed by atoms with Crippen molar-refractivity contribution in [3.05, 3.63) is 29.8 Å². The molecule has 0 fully saturated rings. The third-order valence-corrected chi connectivity index (χ3v) is 6.12. The number of benzene rings is 1. The van der Waals surface area contributed by atoms with Crippen molar-refractivity contribution >= 4 is 49.8 Å². The van der Waals surface area contributed by atoms with Crippen LogP contribution < -0.4 is 9.62 Å². The number of carbonyl (C=O) groups is 1. The molecule has 1 N–H and O–H groups in total. The van der Waals surface area contributed by atoms with Crippen LogP contribution >= 0.6 is 23.1 Å². The van der Waals surface area contributed by atoms with Crippen LogP contribution in [0.1, 0.15) is 24.2 Å². The number of carbonyl (C=O) groups excluding carboxylic acids is 1. The number of amides is 1. The van der Waals surface area contributed by atoms with Crippen molar-refractivity contribution < 1.29 is 13.2 Å². The van der Waals surface area contributed by atoms with Gasteiger partial charge in [0.25, 0.3) is 5.91 Å². The molecule has 1 aromatic carbocycles. The highest BCUT2D eigenvalue weighted by molar-refractivity contribution is 8.01. The summed E-state index contributed by atoms with van der Waals surface area (Å²) in [7, 11) is -3.34. The van der Waals surface area contributed by atoms with Crippen LogP contribution in [-0.2, 0) is 10.0 Å². The minimum atomic E-state index is -3.34. The highest BCUT2D eigenvalue weighted by Gasteiger charge is 2.16. The molecule has 0 spiro atoms. The summed E-state index contributed by atoms with van der Waals surface area (Å²) >= 11 is 2.88. The van der Waals surface area contributed by atoms with E-state index in [9.17, 15) is 13.2 Å². The minimum Gasteiger partial charge on any atom is -0.296 e. The maximum atomic E-state index is 12.2. The van der Waals surface area contributed by atoms with E-state index in [0.717, 1.165) is 16.3 Å². The molecule has 0 aliphatic rings. The standard InChI is InChI=1S/C14H18N4O3S3/c1-4-18(24(3,20)21)11-8-6-10(7-9-11)12(19)15-13-16-17-14(23-13)22-5-2/h6-9H,4-5H2,1-3H3,(H,15,16,19). The Morgan fingerprint density at radius 1 is 1.25 bits per heavy atom. The molecule has 0 saturated heterocycles. The quantitative estimate of drug-likeness (QED) is 0.581. The molecule has 0 bridgehead atoms. The summed E-state index contributed by atoms with van der Waals surface area (Å²) in [5, 5.41) is 11.0. The summed E-state index contributed by atoms with van der Waals surface area (Å²) in [6.07, 6.45) is 1.15. The Bertz CT molecular complexity index is 803. The SMILES string of the molecule is CCSc1nnc(NC(=O)c2ccc(N(CC)S(C)(=O)=O)cc2)s1. The fourth-order valence-corrected chi connectivity index (χ4v) is 4.62. The molecular formula is C14H18N4O3S3. The number of hydrogen-bond acceptors (Lipinski definition) is 7. The van der Waals surface area contributed by atoms with Crippen molar-refractivity contribution in [2.24, 2.45) is 0 Å². The zero-order valence-corrected chi connectivity index (χ0v) is 16.0. The summed E-state index contributed by atoms with van der Waals surface area (Å²) in [4.78, 5) is 12.2. The topological polar surface area (TPSA) is 92.3 Å². The summed E-state index contributed by atoms with van der Waals surface area (Å²) in [6.45, 7) is 4.10. The predicted molar refractivity (Wildman–Crippen MR) is 98.6 cm³/mol. The third-order valence-electron chi connectivity index (χ3n) is 3.00. The molecule has 2 rings (SSSR count). The number of nitrogens with zero attached hydrogens (tertiary/aromatic N) is 3. The van der Waals surface area contributed by atoms with E-state index < -0.39 is 10.0 Å². The maximum Gasteiger partial charge on any atom is 0.257 e. The lowest BCUT2D eigenvalue weighted by molar-refractivity contribution is 0.102. The first-order chi connectivity index (χ1) is 11.3. The van der Waals surface area contributed by atoms with Gasteiger partial charge in [-0.3, -0.25) is 14.4 Å². The van der Waals surface area contributed by atoms with Gasteiger partial charge in [0.2, 0.25) is 15.2 Å². The predicted octanol–water partition coefficient (Wildman–Crippen LogP) is 2.69. The Labute approximate surface area is 149 Å². The van der Waals surface area contributed by atoms with E-state index >= 15 is 0 Å². The highest BCUT2D eigenvalue weighted by Crippen LogP contribution is 2.25. The molecular weight excluding hydrogens is 368 g/mol. The van der Waals surface area contributed by atoms with Crippen molar-refractivity contribution in [2.75, 3.05) is 28.2 Å². The van der Waals surface area contributed by atoms with Gasteiger partial charge in [0.15, 0.2) is 4.34 Å². The smallest absolute Gasteiger partial charge is 0.257 e. The molecule has 0 unspecified atom stereocenters. The largest absolute Gasteiger partial charge is 0.296 e. The van der Waals surface area contributed by atoms with Crippen LogP contribution in [0.4, 0.5) is 10.8 Å². The zero-order chi connectivity index (χ0) is 17.7. The zero-order valence-electron chi connectivity index (χ0n) is 13.5. The van der Waals surface area contributed by atoms with Crippen LogP contribution in [0.5, 0.6) is 0 Å². The Balaban J connectivity index is 2.10. The molecule has 0 radical (unpaired) electrons. The number of anilines is 2. The van der Waals surface area contributed by atoms with Crippen LogP contribution in [0.2, 0.25) is 0 Å². The van der Waals surface area contributed by atoms with Crippen molar-refractivity contribution in [1.29, 1.82) is 0 Å². The maximum absolute atomic E-state index is 12.2. The summed E-state index contributed by atoms with van der Waals surface area (Å²) in [5.41, 5.74) is 0.942. The van der Waals surface area contributed by atoms with Crippen LogP contribution in [0, 0.1) is 0 Å². The molecule has 2 aromatic rings. The van der Waals surface area contributed by atoms with E-state index in [1.165, 1.54) is 15.6 Å². The molecule has 130 valence electrons. The van der Waals surface area contributed by atoms with Gasteiger partial charge in [-0.1, -0.05) is 30.0 Å². The van der Waals surface area contributed by atoms with E-state index in [-0.39, 0.29) is 5.91 Å². The Hall–Kier alpha value is -1.65. The normalized spacial score (nSPS) is 11.3. The van der Waals surface area contributed by atoms with Gasteiger partial charge in [0, 0.05) is 12.1 Å². The molecule has 7 nitrogen and oxygen atoms in total. The van der Waals surface area contributed by atoms with E-state index in [0.29, 0.717) is 22.9 Å². The monoisotopic (exact) mass is 386 g/mol. The molecule has 0 atom stereocenters. The van der Waals surface area contributed by atoms with Gasteiger partial charge in [-0.05, 0) is 36.9 Å². The van der Waals surface area contributed by atoms with Gasteiger partial charge < -0.3 is 0 Å². The average molecular weight is 387 g/mol. The molecule has 1 amide bonds. The van der Waals surface area contributed by atoms with Crippen molar-refractivity contribution in [1.82, 2.24) is 10.2 Å². The number of aromatic nitrogens is 2. The van der Waals surface area contributed by atoms with Gasteiger partial charge in [0.1, 0.15) is 0 Å². The lowest BCUT2D eigenvalue weighted by atomic mass is 10.2. The van der Waals surface area contributed by atoms with Gasteiger partial charge >= 0.3 is 0 Å². The second kappa shape index (κ2) is 7.95. The second-order valence-electron chi connectivity index (χ2n) is 4.73. The van der Waals surface area contributed by atoms with Crippen LogP contribution in [0.15, 0.2) is 28.6 Å². The fraction of sp³-hybridized carbons (Fsp3) is 0.357. The van der Waals surface area contributed by atoms with E-state index in [4.69, 9.17) is 0 Å². The van der Waals surface area contributed by atoms with Crippen molar-refractivity contribution in [3.63, 3.8) is 0 Å². The van der Waals surface area contributed by atoms with Gasteiger partial charge in [-0.25, -0.2) is 8.42 Å². The first-order valence-electron chi connectivity index (χ1n) is 7.20. The molecule has 0 saturated carbocycles. The fourth-order valence-electron chi connectivity index (χ4n) is 2.00. The first kappa shape index (κ1) is 18.7. The number of rotatable bonds is 7. The van der Waals surface area contributed by atoms with Crippen molar-refractivity contribution in [2.45, 2.75) is 18.2 Å². The van der Waals surface area contributed by atoms with Crippen molar-refractivity contribution in [3.8, 4) is 0 Å². The minimum absolute atomic E-state index is 0.312. The Morgan fingerprint density at radius 2 is 1.92 bits per heavy atom. The van der Waals surface area contributed by atoms with Crippen LogP contribution in [-0.4, -0.2) is 43.1 Å². The Kier molecular flexibility index (Phi) is 6.19. The first-order valence-corrected chi connectivity index (χ1v) is 10.9. The molecule has 24 heavy (non-hydrogen) atoms. The van der Waals surface area contributed by atoms with Crippen LogP contribution in [0.3, 0.4) is 0 Å². The van der Waals surface area contributed by atoms with E-state index in [1.807, 2.05) is 6.92 Å². The molecule has 10 heteroatoms. The second-order valence-corrected chi connectivity index (χ2v) is 9.13. The molecule has 1 heterocycles. The lowest BCUT2D eigenvalue weighted by Crippen LogP contribution is -2.29. The summed E-state index contributed by atoms with van der Waals surface area (Å²) in [5.74, 6) is 0.575. The molecule has 1 aromatic heterocycles. The third kappa shape index (κ3) is 4.68. The summed E-state index contributed by atoms with van der Waals surface area (Å²) < 4.78 is 25.5. The highest BCUT2D eigenvalue weighted by atomic mass is 32.2. The number of hydrogen-bond donors (Lipinski definition) is 1. The van der Waals surface area contributed by atoms with Gasteiger partial charge in [-0.15, -0.1) is 10.2 Å². The van der Waals surface area contributed by atoms with E-state index in [2.05, 4.69) is 15.5 Å². The number of thioether (sulfide) groups is 1. The molecule has 0 aliphatic carbocycles. The van der Waals surface area contributed by atoms with E-state index in [1.54, 1.807) is 43.0 Å².